The zero-order chi connectivity index (χ0) is 16.3. The predicted octanol–water partition coefficient (Wildman–Crippen LogP) is 3.11. The molecule has 2 aromatic rings. The van der Waals surface area contributed by atoms with Gasteiger partial charge in [-0.25, -0.2) is 9.66 Å². The van der Waals surface area contributed by atoms with Crippen LogP contribution >= 0.6 is 11.6 Å². The number of nitrogen functional groups attached to an aromatic ring is 1. The van der Waals surface area contributed by atoms with E-state index in [0.29, 0.717) is 22.5 Å². The van der Waals surface area contributed by atoms with E-state index >= 15 is 0 Å². The first-order valence-corrected chi connectivity index (χ1v) is 7.18. The Morgan fingerprint density at radius 1 is 1.41 bits per heavy atom. The summed E-state index contributed by atoms with van der Waals surface area (Å²) in [7, 11) is 1.57. The summed E-state index contributed by atoms with van der Waals surface area (Å²) >= 11 is 6.26. The maximum absolute atomic E-state index is 6.26. The first-order chi connectivity index (χ1) is 10.4. The normalized spacial score (nSPS) is 11.4. The Morgan fingerprint density at radius 2 is 2.14 bits per heavy atom. The molecule has 1 aromatic carbocycles. The Balaban J connectivity index is 2.32. The Hall–Kier alpha value is -2.21. The van der Waals surface area contributed by atoms with Crippen LogP contribution in [-0.4, -0.2) is 29.1 Å². The van der Waals surface area contributed by atoms with Crippen LogP contribution in [0.3, 0.4) is 0 Å². The fourth-order valence-electron chi connectivity index (χ4n) is 1.89. The van der Waals surface area contributed by atoms with E-state index in [-0.39, 0.29) is 6.10 Å². The van der Waals surface area contributed by atoms with Crippen LogP contribution in [0.4, 0.5) is 5.95 Å². The molecule has 0 saturated heterocycles. The summed E-state index contributed by atoms with van der Waals surface area (Å²) in [5, 5.41) is 4.72. The number of hydrogen-bond acceptors (Lipinski definition) is 5. The average molecular weight is 323 g/mol. The summed E-state index contributed by atoms with van der Waals surface area (Å²) in [4.78, 5) is 4.08. The van der Waals surface area contributed by atoms with E-state index in [1.807, 2.05) is 20.8 Å². The molecule has 0 saturated carbocycles. The van der Waals surface area contributed by atoms with Gasteiger partial charge < -0.3 is 15.2 Å². The highest BCUT2D eigenvalue weighted by molar-refractivity contribution is 6.32. The van der Waals surface area contributed by atoms with Crippen molar-refractivity contribution in [3.8, 4) is 11.5 Å². The number of rotatable bonds is 5. The number of benzene rings is 1. The SMILES string of the molecule is COc1cc(C=Nn2cc(C)nc2N)cc(Cl)c1OC(C)C. The predicted molar refractivity (Wildman–Crippen MR) is 88.1 cm³/mol. The van der Waals surface area contributed by atoms with Gasteiger partial charge in [-0.05, 0) is 38.5 Å². The second kappa shape index (κ2) is 6.70. The fourth-order valence-corrected chi connectivity index (χ4v) is 2.15. The molecular formula is C15H19ClN4O2. The van der Waals surface area contributed by atoms with Gasteiger partial charge in [0.2, 0.25) is 5.95 Å². The molecule has 0 aliphatic rings. The molecule has 2 N–H and O–H groups in total. The molecule has 1 aromatic heterocycles. The van der Waals surface area contributed by atoms with E-state index in [4.69, 9.17) is 26.8 Å². The molecule has 118 valence electrons. The minimum atomic E-state index is -0.000334. The standard InChI is InChI=1S/C15H19ClN4O2/c1-9(2)22-14-12(16)5-11(6-13(14)21-4)7-18-20-8-10(3)19-15(20)17/h5-9H,1-4H3,(H2,17,19). The van der Waals surface area contributed by atoms with E-state index in [2.05, 4.69) is 10.1 Å². The topological polar surface area (TPSA) is 74.7 Å². The minimum Gasteiger partial charge on any atom is -0.493 e. The van der Waals surface area contributed by atoms with Crippen molar-refractivity contribution < 1.29 is 9.47 Å². The van der Waals surface area contributed by atoms with Crippen LogP contribution in [0.5, 0.6) is 11.5 Å². The number of anilines is 1. The molecule has 22 heavy (non-hydrogen) atoms. The highest BCUT2D eigenvalue weighted by Crippen LogP contribution is 2.36. The molecule has 0 radical (unpaired) electrons. The molecule has 0 atom stereocenters. The van der Waals surface area contributed by atoms with Crippen LogP contribution in [0, 0.1) is 6.92 Å². The number of imidazole rings is 1. The van der Waals surface area contributed by atoms with Gasteiger partial charge >= 0.3 is 0 Å². The van der Waals surface area contributed by atoms with Gasteiger partial charge in [0.1, 0.15) is 0 Å². The largest absolute Gasteiger partial charge is 0.493 e. The number of hydrogen-bond donors (Lipinski definition) is 1. The molecule has 1 heterocycles. The maximum Gasteiger partial charge on any atom is 0.221 e. The Bertz CT molecular complexity index is 695. The van der Waals surface area contributed by atoms with Crippen molar-refractivity contribution in [2.24, 2.45) is 5.10 Å². The first kappa shape index (κ1) is 16.2. The molecule has 0 spiro atoms. The first-order valence-electron chi connectivity index (χ1n) is 6.80. The quantitative estimate of drug-likeness (QED) is 0.858. The maximum atomic E-state index is 6.26. The zero-order valence-electron chi connectivity index (χ0n) is 13.0. The number of nitrogens with two attached hydrogens (primary N) is 1. The van der Waals surface area contributed by atoms with Crippen LogP contribution in [0.25, 0.3) is 0 Å². The number of methoxy groups -OCH3 is 1. The number of aromatic nitrogens is 2. The third-order valence-corrected chi connectivity index (χ3v) is 3.05. The molecule has 0 amide bonds. The van der Waals surface area contributed by atoms with E-state index in [1.54, 1.807) is 31.7 Å². The highest BCUT2D eigenvalue weighted by Gasteiger charge is 2.13. The summed E-state index contributed by atoms with van der Waals surface area (Å²) in [6, 6.07) is 3.55. The number of nitrogens with zero attached hydrogens (tertiary/aromatic N) is 3. The minimum absolute atomic E-state index is 0.000334. The monoisotopic (exact) mass is 322 g/mol. The van der Waals surface area contributed by atoms with Crippen molar-refractivity contribution in [1.29, 1.82) is 0 Å². The lowest BCUT2D eigenvalue weighted by Crippen LogP contribution is -2.07. The summed E-state index contributed by atoms with van der Waals surface area (Å²) < 4.78 is 12.5. The molecule has 0 bridgehead atoms. The van der Waals surface area contributed by atoms with Gasteiger partial charge in [-0.15, -0.1) is 0 Å². The van der Waals surface area contributed by atoms with Crippen molar-refractivity contribution in [3.05, 3.63) is 34.6 Å². The number of aryl methyl sites for hydroxylation is 1. The molecule has 7 heteroatoms. The fraction of sp³-hybridized carbons (Fsp3) is 0.333. The third kappa shape index (κ3) is 3.71. The van der Waals surface area contributed by atoms with Crippen LogP contribution in [-0.2, 0) is 0 Å². The highest BCUT2D eigenvalue weighted by atomic mass is 35.5. The van der Waals surface area contributed by atoms with Gasteiger partial charge in [-0.1, -0.05) is 11.6 Å². The summed E-state index contributed by atoms with van der Waals surface area (Å²) in [6.45, 7) is 5.70. The van der Waals surface area contributed by atoms with Gasteiger partial charge in [0.05, 0.1) is 36.3 Å². The van der Waals surface area contributed by atoms with E-state index in [1.165, 1.54) is 4.68 Å². The number of ether oxygens (including phenoxy) is 2. The zero-order valence-corrected chi connectivity index (χ0v) is 13.8. The third-order valence-electron chi connectivity index (χ3n) is 2.77. The lowest BCUT2D eigenvalue weighted by Gasteiger charge is -2.15. The van der Waals surface area contributed by atoms with Crippen molar-refractivity contribution in [1.82, 2.24) is 9.66 Å². The second-order valence-electron chi connectivity index (χ2n) is 5.03. The summed E-state index contributed by atoms with van der Waals surface area (Å²) in [6.07, 6.45) is 3.37. The Morgan fingerprint density at radius 3 is 2.68 bits per heavy atom. The number of halogens is 1. The molecule has 2 rings (SSSR count). The van der Waals surface area contributed by atoms with E-state index < -0.39 is 0 Å². The summed E-state index contributed by atoms with van der Waals surface area (Å²) in [5.74, 6) is 1.40. The van der Waals surface area contributed by atoms with Crippen molar-refractivity contribution >= 4 is 23.8 Å². The summed E-state index contributed by atoms with van der Waals surface area (Å²) in [5.41, 5.74) is 7.30. The average Bonchev–Trinajstić information content (AvgIpc) is 2.76. The van der Waals surface area contributed by atoms with Gasteiger partial charge in [0, 0.05) is 0 Å². The van der Waals surface area contributed by atoms with Crippen molar-refractivity contribution in [2.45, 2.75) is 26.9 Å². The molecule has 0 aliphatic heterocycles. The Labute approximate surface area is 134 Å². The molecule has 6 nitrogen and oxygen atoms in total. The van der Waals surface area contributed by atoms with Gasteiger partial charge in [-0.2, -0.15) is 5.10 Å². The molecule has 0 fully saturated rings. The lowest BCUT2D eigenvalue weighted by atomic mass is 10.2. The van der Waals surface area contributed by atoms with Crippen LogP contribution < -0.4 is 15.2 Å². The van der Waals surface area contributed by atoms with Crippen LogP contribution in [0.15, 0.2) is 23.4 Å². The second-order valence-corrected chi connectivity index (χ2v) is 5.44. The Kier molecular flexibility index (Phi) is 4.92. The van der Waals surface area contributed by atoms with Crippen LogP contribution in [0.1, 0.15) is 25.1 Å². The van der Waals surface area contributed by atoms with E-state index in [9.17, 15) is 0 Å². The van der Waals surface area contributed by atoms with Gasteiger partial charge in [0.15, 0.2) is 11.5 Å². The molecular weight excluding hydrogens is 304 g/mol. The van der Waals surface area contributed by atoms with Gasteiger partial charge in [-0.3, -0.25) is 0 Å². The van der Waals surface area contributed by atoms with Crippen molar-refractivity contribution in [2.75, 3.05) is 12.8 Å². The molecule has 0 unspecified atom stereocenters. The van der Waals surface area contributed by atoms with E-state index in [0.717, 1.165) is 11.3 Å². The van der Waals surface area contributed by atoms with Gasteiger partial charge in [0.25, 0.3) is 0 Å². The lowest BCUT2D eigenvalue weighted by molar-refractivity contribution is 0.230. The van der Waals surface area contributed by atoms with Crippen molar-refractivity contribution in [3.63, 3.8) is 0 Å². The molecule has 0 aliphatic carbocycles. The van der Waals surface area contributed by atoms with Crippen LogP contribution in [0.2, 0.25) is 5.02 Å². The smallest absolute Gasteiger partial charge is 0.221 e.